The summed E-state index contributed by atoms with van der Waals surface area (Å²) in [6.45, 7) is 4.09. The third-order valence-electron chi connectivity index (χ3n) is 4.46. The van der Waals surface area contributed by atoms with E-state index in [9.17, 15) is 9.59 Å². The summed E-state index contributed by atoms with van der Waals surface area (Å²) in [6.07, 6.45) is 7.62. The SMILES string of the molecule is CCN(CCC(=O)C=Cc1ccc(Cl)cc1)CCC(=O)C=Cc1ccc(Cl)cc1. The van der Waals surface area contributed by atoms with Crippen LogP contribution in [0.25, 0.3) is 12.2 Å². The number of allylic oxidation sites excluding steroid dienone is 2. The van der Waals surface area contributed by atoms with E-state index in [2.05, 4.69) is 4.90 Å². The van der Waals surface area contributed by atoms with E-state index in [0.717, 1.165) is 17.7 Å². The maximum atomic E-state index is 12.1. The maximum Gasteiger partial charge on any atom is 0.156 e. The molecule has 0 aliphatic heterocycles. The van der Waals surface area contributed by atoms with E-state index in [1.54, 1.807) is 48.6 Å². The number of rotatable bonds is 11. The molecule has 0 aromatic heterocycles. The Bertz CT molecular complexity index is 784. The molecular formula is C24H25Cl2NO2. The third kappa shape index (κ3) is 9.23. The Morgan fingerprint density at radius 3 is 1.48 bits per heavy atom. The molecular weight excluding hydrogens is 405 g/mol. The summed E-state index contributed by atoms with van der Waals surface area (Å²) in [6, 6.07) is 14.7. The Kier molecular flexibility index (Phi) is 9.85. The lowest BCUT2D eigenvalue weighted by Crippen LogP contribution is -2.28. The normalized spacial score (nSPS) is 11.6. The monoisotopic (exact) mass is 429 g/mol. The van der Waals surface area contributed by atoms with E-state index >= 15 is 0 Å². The highest BCUT2D eigenvalue weighted by atomic mass is 35.5. The number of carbonyl (C=O) groups excluding carboxylic acids is 2. The van der Waals surface area contributed by atoms with Gasteiger partial charge in [0.25, 0.3) is 0 Å². The molecule has 0 radical (unpaired) electrons. The molecule has 2 rings (SSSR count). The summed E-state index contributed by atoms with van der Waals surface area (Å²) in [5.41, 5.74) is 1.88. The molecule has 0 N–H and O–H groups in total. The molecule has 0 aliphatic carbocycles. The Hall–Kier alpha value is -2.20. The Morgan fingerprint density at radius 1 is 0.759 bits per heavy atom. The number of benzene rings is 2. The van der Waals surface area contributed by atoms with Crippen molar-refractivity contribution >= 4 is 46.9 Å². The Morgan fingerprint density at radius 2 is 1.14 bits per heavy atom. The Balaban J connectivity index is 1.73. The van der Waals surface area contributed by atoms with Crippen LogP contribution in [0, 0.1) is 0 Å². The smallest absolute Gasteiger partial charge is 0.156 e. The maximum absolute atomic E-state index is 12.1. The highest BCUT2D eigenvalue weighted by Gasteiger charge is 2.07. The molecule has 0 bridgehead atoms. The number of carbonyl (C=O) groups is 2. The first-order valence-corrected chi connectivity index (χ1v) is 10.4. The first-order chi connectivity index (χ1) is 14.0. The van der Waals surface area contributed by atoms with Crippen molar-refractivity contribution in [2.45, 2.75) is 19.8 Å². The predicted octanol–water partition coefficient (Wildman–Crippen LogP) is 5.96. The van der Waals surface area contributed by atoms with Crippen molar-refractivity contribution < 1.29 is 9.59 Å². The molecule has 0 heterocycles. The molecule has 0 saturated heterocycles. The fraction of sp³-hybridized carbons (Fsp3) is 0.250. The van der Waals surface area contributed by atoms with Crippen LogP contribution in [-0.2, 0) is 9.59 Å². The van der Waals surface area contributed by atoms with E-state index in [0.29, 0.717) is 36.0 Å². The average Bonchev–Trinajstić information content (AvgIpc) is 2.73. The fourth-order valence-corrected chi connectivity index (χ4v) is 2.91. The van der Waals surface area contributed by atoms with Crippen LogP contribution in [0.15, 0.2) is 60.7 Å². The van der Waals surface area contributed by atoms with Crippen LogP contribution in [0.1, 0.15) is 30.9 Å². The highest BCUT2D eigenvalue weighted by molar-refractivity contribution is 6.30. The van der Waals surface area contributed by atoms with Gasteiger partial charge in [0, 0.05) is 36.0 Å². The summed E-state index contributed by atoms with van der Waals surface area (Å²) >= 11 is 11.7. The van der Waals surface area contributed by atoms with Crippen LogP contribution >= 0.6 is 23.2 Å². The quantitative estimate of drug-likeness (QED) is 0.413. The van der Waals surface area contributed by atoms with Gasteiger partial charge in [-0.1, -0.05) is 66.5 Å². The minimum atomic E-state index is 0.0624. The average molecular weight is 430 g/mol. The van der Waals surface area contributed by atoms with Crippen molar-refractivity contribution in [3.05, 3.63) is 81.9 Å². The van der Waals surface area contributed by atoms with Gasteiger partial charge in [0.2, 0.25) is 0 Å². The lowest BCUT2D eigenvalue weighted by atomic mass is 10.1. The van der Waals surface area contributed by atoms with Gasteiger partial charge in [0.15, 0.2) is 11.6 Å². The summed E-state index contributed by atoms with van der Waals surface area (Å²) < 4.78 is 0. The second kappa shape index (κ2) is 12.4. The molecule has 0 unspecified atom stereocenters. The minimum Gasteiger partial charge on any atom is -0.303 e. The van der Waals surface area contributed by atoms with Gasteiger partial charge in [-0.2, -0.15) is 0 Å². The van der Waals surface area contributed by atoms with E-state index in [1.165, 1.54) is 0 Å². The number of hydrogen-bond acceptors (Lipinski definition) is 3. The second-order valence-electron chi connectivity index (χ2n) is 6.64. The van der Waals surface area contributed by atoms with E-state index in [1.807, 2.05) is 31.2 Å². The largest absolute Gasteiger partial charge is 0.303 e. The van der Waals surface area contributed by atoms with Crippen LogP contribution < -0.4 is 0 Å². The van der Waals surface area contributed by atoms with Gasteiger partial charge in [-0.05, 0) is 54.1 Å². The van der Waals surface area contributed by atoms with Gasteiger partial charge < -0.3 is 4.90 Å². The van der Waals surface area contributed by atoms with Gasteiger partial charge in [-0.25, -0.2) is 0 Å². The number of nitrogens with zero attached hydrogens (tertiary/aromatic N) is 1. The van der Waals surface area contributed by atoms with Crippen LogP contribution in [0.5, 0.6) is 0 Å². The first-order valence-electron chi connectivity index (χ1n) is 9.61. The van der Waals surface area contributed by atoms with E-state index in [4.69, 9.17) is 23.2 Å². The van der Waals surface area contributed by atoms with Crippen molar-refractivity contribution in [3.63, 3.8) is 0 Å². The van der Waals surface area contributed by atoms with Crippen LogP contribution in [0.3, 0.4) is 0 Å². The first kappa shape index (κ1) is 23.1. The van der Waals surface area contributed by atoms with Crippen molar-refractivity contribution in [1.82, 2.24) is 4.90 Å². The molecule has 29 heavy (non-hydrogen) atoms. The zero-order chi connectivity index (χ0) is 21.1. The topological polar surface area (TPSA) is 37.4 Å². The molecule has 3 nitrogen and oxygen atoms in total. The van der Waals surface area contributed by atoms with Crippen LogP contribution in [-0.4, -0.2) is 36.1 Å². The van der Waals surface area contributed by atoms with Crippen molar-refractivity contribution in [1.29, 1.82) is 0 Å². The predicted molar refractivity (Wildman–Crippen MR) is 122 cm³/mol. The van der Waals surface area contributed by atoms with Crippen LogP contribution in [0.4, 0.5) is 0 Å². The number of ketones is 2. The van der Waals surface area contributed by atoms with E-state index < -0.39 is 0 Å². The molecule has 2 aromatic rings. The van der Waals surface area contributed by atoms with Gasteiger partial charge in [0.05, 0.1) is 0 Å². The second-order valence-corrected chi connectivity index (χ2v) is 7.51. The summed E-state index contributed by atoms with van der Waals surface area (Å²) in [7, 11) is 0. The zero-order valence-electron chi connectivity index (χ0n) is 16.5. The lowest BCUT2D eigenvalue weighted by molar-refractivity contribution is -0.114. The summed E-state index contributed by atoms with van der Waals surface area (Å²) in [5, 5.41) is 1.34. The van der Waals surface area contributed by atoms with Gasteiger partial charge >= 0.3 is 0 Å². The van der Waals surface area contributed by atoms with Crippen molar-refractivity contribution in [2.24, 2.45) is 0 Å². The molecule has 0 amide bonds. The zero-order valence-corrected chi connectivity index (χ0v) is 18.0. The van der Waals surface area contributed by atoms with Gasteiger partial charge in [-0.3, -0.25) is 9.59 Å². The van der Waals surface area contributed by atoms with Crippen molar-refractivity contribution in [3.8, 4) is 0 Å². The van der Waals surface area contributed by atoms with Gasteiger partial charge in [-0.15, -0.1) is 0 Å². The lowest BCUT2D eigenvalue weighted by Gasteiger charge is -2.18. The number of hydrogen-bond donors (Lipinski definition) is 0. The molecule has 0 atom stereocenters. The van der Waals surface area contributed by atoms with Crippen molar-refractivity contribution in [2.75, 3.05) is 19.6 Å². The fourth-order valence-electron chi connectivity index (χ4n) is 2.66. The molecule has 0 aliphatic rings. The Labute approximate surface area is 182 Å². The minimum absolute atomic E-state index is 0.0624. The summed E-state index contributed by atoms with van der Waals surface area (Å²) in [4.78, 5) is 26.3. The van der Waals surface area contributed by atoms with E-state index in [-0.39, 0.29) is 11.6 Å². The molecule has 152 valence electrons. The molecule has 0 fully saturated rings. The molecule has 0 saturated carbocycles. The van der Waals surface area contributed by atoms with Gasteiger partial charge in [0.1, 0.15) is 0 Å². The molecule has 2 aromatic carbocycles. The standard InChI is InChI=1S/C24H25Cl2NO2/c1-2-27(17-15-23(28)13-7-19-3-9-21(25)10-4-19)18-16-24(29)14-8-20-5-11-22(26)12-6-20/h3-14H,2,15-18H2,1H3. The van der Waals surface area contributed by atoms with Crippen LogP contribution in [0.2, 0.25) is 10.0 Å². The molecule has 0 spiro atoms. The highest BCUT2D eigenvalue weighted by Crippen LogP contribution is 2.12. The third-order valence-corrected chi connectivity index (χ3v) is 4.96. The number of halogens is 2. The summed E-state index contributed by atoms with van der Waals surface area (Å²) in [5.74, 6) is 0.125. The molecule has 5 heteroatoms.